The molecular formula is C19H23N3O2. The fraction of sp³-hybridized carbons (Fsp3) is 0.421. The molecule has 0 saturated heterocycles. The standard InChI is InChI=1S/C19H23N3O2/c1-2-24-17-9-5-14(6-10-17)4-3-11-20-19(23)16-12-21-18(22-13-16)15-7-8-15/h5-6,9-10,12-13,15H,2-4,7-8,11H2,1H3,(H,20,23). The van der Waals surface area contributed by atoms with Gasteiger partial charge in [-0.2, -0.15) is 0 Å². The Kier molecular flexibility index (Phi) is 5.41. The number of hydrogen-bond acceptors (Lipinski definition) is 4. The van der Waals surface area contributed by atoms with Crippen molar-refractivity contribution < 1.29 is 9.53 Å². The summed E-state index contributed by atoms with van der Waals surface area (Å²) in [6.07, 6.45) is 7.39. The van der Waals surface area contributed by atoms with E-state index in [2.05, 4.69) is 27.4 Å². The fourth-order valence-corrected chi connectivity index (χ4v) is 2.52. The molecule has 1 aromatic carbocycles. The van der Waals surface area contributed by atoms with Crippen molar-refractivity contribution >= 4 is 5.91 Å². The number of carbonyl (C=O) groups excluding carboxylic acids is 1. The van der Waals surface area contributed by atoms with Crippen molar-refractivity contribution in [3.63, 3.8) is 0 Å². The molecular weight excluding hydrogens is 302 g/mol. The van der Waals surface area contributed by atoms with E-state index in [1.165, 1.54) is 5.56 Å². The van der Waals surface area contributed by atoms with Gasteiger partial charge in [-0.1, -0.05) is 12.1 Å². The minimum Gasteiger partial charge on any atom is -0.494 e. The maximum absolute atomic E-state index is 12.1. The SMILES string of the molecule is CCOc1ccc(CCCNC(=O)c2cnc(C3CC3)nc2)cc1. The smallest absolute Gasteiger partial charge is 0.254 e. The van der Waals surface area contributed by atoms with E-state index >= 15 is 0 Å². The van der Waals surface area contributed by atoms with Gasteiger partial charge in [0.05, 0.1) is 12.2 Å². The number of rotatable bonds is 8. The number of aryl methyl sites for hydroxylation is 1. The molecule has 0 spiro atoms. The van der Waals surface area contributed by atoms with Crippen LogP contribution < -0.4 is 10.1 Å². The number of benzene rings is 1. The van der Waals surface area contributed by atoms with Crippen LogP contribution in [0.3, 0.4) is 0 Å². The van der Waals surface area contributed by atoms with Gasteiger partial charge in [-0.05, 0) is 50.3 Å². The van der Waals surface area contributed by atoms with Gasteiger partial charge in [-0.3, -0.25) is 4.79 Å². The Morgan fingerprint density at radius 3 is 2.54 bits per heavy atom. The van der Waals surface area contributed by atoms with Crippen LogP contribution in [-0.4, -0.2) is 29.0 Å². The third-order valence-electron chi connectivity index (χ3n) is 4.04. The predicted molar refractivity (Wildman–Crippen MR) is 92.3 cm³/mol. The number of aromatic nitrogens is 2. The number of ether oxygens (including phenoxy) is 1. The molecule has 1 N–H and O–H groups in total. The molecule has 5 nitrogen and oxygen atoms in total. The van der Waals surface area contributed by atoms with Gasteiger partial charge in [0.15, 0.2) is 0 Å². The summed E-state index contributed by atoms with van der Waals surface area (Å²) in [6.45, 7) is 3.29. The highest BCUT2D eigenvalue weighted by Crippen LogP contribution is 2.37. The molecule has 1 aliphatic carbocycles. The minimum atomic E-state index is -0.107. The van der Waals surface area contributed by atoms with Crippen LogP contribution in [0.25, 0.3) is 0 Å². The molecule has 3 rings (SSSR count). The second kappa shape index (κ2) is 7.90. The summed E-state index contributed by atoms with van der Waals surface area (Å²) in [5, 5.41) is 2.92. The van der Waals surface area contributed by atoms with Crippen molar-refractivity contribution in [1.29, 1.82) is 0 Å². The molecule has 5 heteroatoms. The Labute approximate surface area is 142 Å². The molecule has 1 saturated carbocycles. The molecule has 1 heterocycles. The summed E-state index contributed by atoms with van der Waals surface area (Å²) < 4.78 is 5.43. The van der Waals surface area contributed by atoms with Crippen LogP contribution in [0.4, 0.5) is 0 Å². The Morgan fingerprint density at radius 1 is 1.21 bits per heavy atom. The van der Waals surface area contributed by atoms with E-state index in [1.807, 2.05) is 19.1 Å². The zero-order chi connectivity index (χ0) is 16.8. The Balaban J connectivity index is 1.39. The largest absolute Gasteiger partial charge is 0.494 e. The lowest BCUT2D eigenvalue weighted by Crippen LogP contribution is -2.25. The van der Waals surface area contributed by atoms with Gasteiger partial charge in [0.2, 0.25) is 0 Å². The highest BCUT2D eigenvalue weighted by atomic mass is 16.5. The van der Waals surface area contributed by atoms with E-state index in [9.17, 15) is 4.79 Å². The molecule has 1 aliphatic rings. The molecule has 0 bridgehead atoms. The van der Waals surface area contributed by atoms with Gasteiger partial charge in [0.1, 0.15) is 11.6 Å². The maximum atomic E-state index is 12.1. The van der Waals surface area contributed by atoms with Crippen molar-refractivity contribution in [3.8, 4) is 5.75 Å². The van der Waals surface area contributed by atoms with Crippen molar-refractivity contribution in [1.82, 2.24) is 15.3 Å². The van der Waals surface area contributed by atoms with E-state index in [4.69, 9.17) is 4.74 Å². The summed E-state index contributed by atoms with van der Waals surface area (Å²) in [5.74, 6) is 2.16. The number of carbonyl (C=O) groups is 1. The second-order valence-corrected chi connectivity index (χ2v) is 6.04. The van der Waals surface area contributed by atoms with Crippen LogP contribution in [0.5, 0.6) is 5.75 Å². The molecule has 2 aromatic rings. The average Bonchev–Trinajstić information content (AvgIpc) is 3.45. The lowest BCUT2D eigenvalue weighted by molar-refractivity contribution is 0.0952. The van der Waals surface area contributed by atoms with Crippen molar-refractivity contribution in [2.75, 3.05) is 13.2 Å². The van der Waals surface area contributed by atoms with Gasteiger partial charge in [0, 0.05) is 24.9 Å². The van der Waals surface area contributed by atoms with E-state index in [0.29, 0.717) is 24.6 Å². The van der Waals surface area contributed by atoms with Gasteiger partial charge in [-0.15, -0.1) is 0 Å². The third kappa shape index (κ3) is 4.54. The van der Waals surface area contributed by atoms with Gasteiger partial charge in [-0.25, -0.2) is 9.97 Å². The molecule has 126 valence electrons. The number of hydrogen-bond donors (Lipinski definition) is 1. The minimum absolute atomic E-state index is 0.107. The zero-order valence-electron chi connectivity index (χ0n) is 14.0. The van der Waals surface area contributed by atoms with Crippen LogP contribution in [-0.2, 0) is 6.42 Å². The first-order chi connectivity index (χ1) is 11.8. The Hall–Kier alpha value is -2.43. The first kappa shape index (κ1) is 16.4. The van der Waals surface area contributed by atoms with Gasteiger partial charge >= 0.3 is 0 Å². The normalized spacial score (nSPS) is 13.5. The highest BCUT2D eigenvalue weighted by molar-refractivity contribution is 5.93. The molecule has 1 aromatic heterocycles. The lowest BCUT2D eigenvalue weighted by atomic mass is 10.1. The summed E-state index contributed by atoms with van der Waals surface area (Å²) in [6, 6.07) is 8.10. The van der Waals surface area contributed by atoms with Gasteiger partial charge in [0.25, 0.3) is 5.91 Å². The molecule has 0 aliphatic heterocycles. The number of amides is 1. The van der Waals surface area contributed by atoms with Crippen LogP contribution in [0.1, 0.15) is 53.8 Å². The summed E-state index contributed by atoms with van der Waals surface area (Å²) >= 11 is 0. The first-order valence-corrected chi connectivity index (χ1v) is 8.58. The summed E-state index contributed by atoms with van der Waals surface area (Å²) in [7, 11) is 0. The van der Waals surface area contributed by atoms with E-state index < -0.39 is 0 Å². The third-order valence-corrected chi connectivity index (χ3v) is 4.04. The maximum Gasteiger partial charge on any atom is 0.254 e. The second-order valence-electron chi connectivity index (χ2n) is 6.04. The summed E-state index contributed by atoms with van der Waals surface area (Å²) in [5.41, 5.74) is 1.77. The number of nitrogens with zero attached hydrogens (tertiary/aromatic N) is 2. The van der Waals surface area contributed by atoms with Gasteiger partial charge < -0.3 is 10.1 Å². The highest BCUT2D eigenvalue weighted by Gasteiger charge is 2.26. The molecule has 1 amide bonds. The van der Waals surface area contributed by atoms with Crippen LogP contribution in [0.2, 0.25) is 0 Å². The van der Waals surface area contributed by atoms with Crippen LogP contribution in [0.15, 0.2) is 36.7 Å². The van der Waals surface area contributed by atoms with E-state index in [-0.39, 0.29) is 5.91 Å². The molecule has 0 radical (unpaired) electrons. The zero-order valence-corrected chi connectivity index (χ0v) is 14.0. The predicted octanol–water partition coefficient (Wildman–Crippen LogP) is 3.12. The molecule has 24 heavy (non-hydrogen) atoms. The summed E-state index contributed by atoms with van der Waals surface area (Å²) in [4.78, 5) is 20.6. The quantitative estimate of drug-likeness (QED) is 0.758. The van der Waals surface area contributed by atoms with Crippen LogP contribution in [0, 0.1) is 0 Å². The van der Waals surface area contributed by atoms with Crippen molar-refractivity contribution in [2.45, 2.75) is 38.5 Å². The van der Waals surface area contributed by atoms with Crippen molar-refractivity contribution in [2.24, 2.45) is 0 Å². The fourth-order valence-electron chi connectivity index (χ4n) is 2.52. The topological polar surface area (TPSA) is 64.1 Å². The molecule has 0 atom stereocenters. The number of nitrogens with one attached hydrogen (secondary N) is 1. The molecule has 1 fully saturated rings. The van der Waals surface area contributed by atoms with E-state index in [1.54, 1.807) is 12.4 Å². The van der Waals surface area contributed by atoms with Crippen molar-refractivity contribution in [3.05, 3.63) is 53.6 Å². The lowest BCUT2D eigenvalue weighted by Gasteiger charge is -2.07. The monoisotopic (exact) mass is 325 g/mol. The first-order valence-electron chi connectivity index (χ1n) is 8.58. The molecule has 0 unspecified atom stereocenters. The van der Waals surface area contributed by atoms with E-state index in [0.717, 1.165) is 37.3 Å². The Bertz CT molecular complexity index is 664. The average molecular weight is 325 g/mol. The Morgan fingerprint density at radius 2 is 1.92 bits per heavy atom. The van der Waals surface area contributed by atoms with Crippen LogP contribution >= 0.6 is 0 Å².